The smallest absolute Gasteiger partial charge is 0.320 e. The highest BCUT2D eigenvalue weighted by Gasteiger charge is 2.13. The molecule has 1 unspecified atom stereocenters. The predicted molar refractivity (Wildman–Crippen MR) is 86.8 cm³/mol. The van der Waals surface area contributed by atoms with Crippen LogP contribution in [-0.2, 0) is 0 Å². The van der Waals surface area contributed by atoms with Crippen LogP contribution in [0.15, 0.2) is 36.7 Å². The molecule has 130 valence electrons. The van der Waals surface area contributed by atoms with Gasteiger partial charge in [-0.3, -0.25) is 4.57 Å². The van der Waals surface area contributed by atoms with Crippen molar-refractivity contribution < 1.29 is 18.7 Å². The third-order valence-corrected chi connectivity index (χ3v) is 3.51. The van der Waals surface area contributed by atoms with Crippen LogP contribution in [-0.4, -0.2) is 33.8 Å². The lowest BCUT2D eigenvalue weighted by atomic mass is 10.1. The van der Waals surface area contributed by atoms with Gasteiger partial charge in [0.15, 0.2) is 0 Å². The van der Waals surface area contributed by atoms with Crippen molar-refractivity contribution in [2.24, 2.45) is 5.92 Å². The van der Waals surface area contributed by atoms with Crippen LogP contribution in [0.5, 0.6) is 0 Å². The van der Waals surface area contributed by atoms with Gasteiger partial charge in [-0.25, -0.2) is 9.78 Å². The molecule has 1 aromatic carbocycles. The van der Waals surface area contributed by atoms with Crippen LogP contribution in [0.4, 0.5) is 19.3 Å². The van der Waals surface area contributed by atoms with Crippen LogP contribution in [0, 0.1) is 5.92 Å². The standard InChI is InChI=1S/C16H20F2N4O2/c1-11(6-9-23)10-20-16(24)21-13-4-2-12(3-5-13)14-19-7-8-22(14)15(17)18/h2-5,7-8,11,15,23H,6,9-10H2,1H3,(H2,20,21,24). The van der Waals surface area contributed by atoms with E-state index in [1.54, 1.807) is 24.3 Å². The van der Waals surface area contributed by atoms with Gasteiger partial charge in [-0.2, -0.15) is 8.78 Å². The number of rotatable bonds is 7. The Morgan fingerprint density at radius 2 is 2.04 bits per heavy atom. The monoisotopic (exact) mass is 338 g/mol. The van der Waals surface area contributed by atoms with E-state index >= 15 is 0 Å². The molecular weight excluding hydrogens is 318 g/mol. The minimum atomic E-state index is -2.66. The molecular formula is C16H20F2N4O2. The molecule has 0 saturated carbocycles. The second kappa shape index (κ2) is 8.39. The Balaban J connectivity index is 1.94. The highest BCUT2D eigenvalue weighted by atomic mass is 19.3. The second-order valence-corrected chi connectivity index (χ2v) is 5.47. The van der Waals surface area contributed by atoms with Gasteiger partial charge in [0.2, 0.25) is 0 Å². The first-order valence-electron chi connectivity index (χ1n) is 7.58. The van der Waals surface area contributed by atoms with Crippen molar-refractivity contribution in [1.82, 2.24) is 14.9 Å². The summed E-state index contributed by atoms with van der Waals surface area (Å²) in [5, 5.41) is 14.2. The van der Waals surface area contributed by atoms with E-state index in [4.69, 9.17) is 5.11 Å². The molecule has 3 N–H and O–H groups in total. The first-order valence-corrected chi connectivity index (χ1v) is 7.58. The number of imidazole rings is 1. The van der Waals surface area contributed by atoms with E-state index in [9.17, 15) is 13.6 Å². The molecule has 6 nitrogen and oxygen atoms in total. The summed E-state index contributed by atoms with van der Waals surface area (Å²) in [6.07, 6.45) is 3.15. The van der Waals surface area contributed by atoms with Crippen molar-refractivity contribution in [3.8, 4) is 11.4 Å². The lowest BCUT2D eigenvalue weighted by Gasteiger charge is -2.12. The number of benzene rings is 1. The van der Waals surface area contributed by atoms with Gasteiger partial charge in [0.05, 0.1) is 0 Å². The fourth-order valence-electron chi connectivity index (χ4n) is 2.16. The number of hydrogen-bond donors (Lipinski definition) is 3. The van der Waals surface area contributed by atoms with Crippen molar-refractivity contribution in [3.05, 3.63) is 36.7 Å². The molecule has 2 rings (SSSR count). The molecule has 2 aromatic rings. The Morgan fingerprint density at radius 3 is 2.67 bits per heavy atom. The molecule has 1 heterocycles. The number of amides is 2. The molecule has 0 fully saturated rings. The van der Waals surface area contributed by atoms with Crippen molar-refractivity contribution in [1.29, 1.82) is 0 Å². The summed E-state index contributed by atoms with van der Waals surface area (Å²) in [5.41, 5.74) is 1.07. The van der Waals surface area contributed by atoms with Crippen LogP contribution in [0.25, 0.3) is 11.4 Å². The summed E-state index contributed by atoms with van der Waals surface area (Å²) in [6, 6.07) is 6.12. The molecule has 0 bridgehead atoms. The van der Waals surface area contributed by atoms with Crippen molar-refractivity contribution in [3.63, 3.8) is 0 Å². The fourth-order valence-corrected chi connectivity index (χ4v) is 2.16. The zero-order valence-electron chi connectivity index (χ0n) is 13.2. The lowest BCUT2D eigenvalue weighted by Crippen LogP contribution is -2.32. The number of halogens is 2. The first kappa shape index (κ1) is 17.9. The van der Waals surface area contributed by atoms with Gasteiger partial charge in [-0.05, 0) is 36.6 Å². The highest BCUT2D eigenvalue weighted by molar-refractivity contribution is 5.89. The van der Waals surface area contributed by atoms with Gasteiger partial charge >= 0.3 is 12.6 Å². The number of alkyl halides is 2. The minimum absolute atomic E-state index is 0.0836. The van der Waals surface area contributed by atoms with E-state index in [1.807, 2.05) is 6.92 Å². The Kier molecular flexibility index (Phi) is 6.25. The van der Waals surface area contributed by atoms with E-state index in [2.05, 4.69) is 15.6 Å². The topological polar surface area (TPSA) is 79.2 Å². The summed E-state index contributed by atoms with van der Waals surface area (Å²) in [4.78, 5) is 15.7. The summed E-state index contributed by atoms with van der Waals surface area (Å²) >= 11 is 0. The van der Waals surface area contributed by atoms with Crippen LogP contribution >= 0.6 is 0 Å². The number of carbonyl (C=O) groups excluding carboxylic acids is 1. The number of aliphatic hydroxyl groups is 1. The number of anilines is 1. The Hall–Kier alpha value is -2.48. The number of carbonyl (C=O) groups is 1. The second-order valence-electron chi connectivity index (χ2n) is 5.47. The van der Waals surface area contributed by atoms with Crippen molar-refractivity contribution in [2.45, 2.75) is 19.9 Å². The Labute approximate surface area is 138 Å². The zero-order valence-corrected chi connectivity index (χ0v) is 13.2. The van der Waals surface area contributed by atoms with E-state index in [0.29, 0.717) is 24.2 Å². The minimum Gasteiger partial charge on any atom is -0.396 e. The van der Waals surface area contributed by atoms with Crippen LogP contribution in [0.3, 0.4) is 0 Å². The fraction of sp³-hybridized carbons (Fsp3) is 0.375. The molecule has 2 amide bonds. The third kappa shape index (κ3) is 4.76. The molecule has 8 heteroatoms. The molecule has 0 radical (unpaired) electrons. The zero-order chi connectivity index (χ0) is 17.5. The van der Waals surface area contributed by atoms with E-state index in [0.717, 1.165) is 4.57 Å². The summed E-state index contributed by atoms with van der Waals surface area (Å²) in [7, 11) is 0. The van der Waals surface area contributed by atoms with E-state index in [-0.39, 0.29) is 24.4 Å². The van der Waals surface area contributed by atoms with Crippen LogP contribution in [0.2, 0.25) is 0 Å². The summed E-state index contributed by atoms with van der Waals surface area (Å²) in [5.74, 6) is 0.343. The predicted octanol–water partition coefficient (Wildman–Crippen LogP) is 3.09. The summed E-state index contributed by atoms with van der Waals surface area (Å²) in [6.45, 7) is -0.195. The maximum absolute atomic E-state index is 12.8. The normalized spacial score (nSPS) is 12.2. The molecule has 24 heavy (non-hydrogen) atoms. The van der Waals surface area contributed by atoms with Gasteiger partial charge in [0.1, 0.15) is 5.82 Å². The SMILES string of the molecule is CC(CCO)CNC(=O)Nc1ccc(-c2nccn2C(F)F)cc1. The third-order valence-electron chi connectivity index (χ3n) is 3.51. The van der Waals surface area contributed by atoms with E-state index < -0.39 is 6.55 Å². The molecule has 0 spiro atoms. The molecule has 0 aliphatic heterocycles. The lowest BCUT2D eigenvalue weighted by molar-refractivity contribution is 0.0720. The number of nitrogens with one attached hydrogen (secondary N) is 2. The average Bonchev–Trinajstić information content (AvgIpc) is 3.04. The number of aliphatic hydroxyl groups excluding tert-OH is 1. The number of nitrogens with zero attached hydrogens (tertiary/aromatic N) is 2. The van der Waals surface area contributed by atoms with Crippen molar-refractivity contribution in [2.75, 3.05) is 18.5 Å². The molecule has 0 saturated heterocycles. The molecule has 0 aliphatic rings. The van der Waals surface area contributed by atoms with Gasteiger partial charge in [-0.1, -0.05) is 6.92 Å². The van der Waals surface area contributed by atoms with Gasteiger partial charge < -0.3 is 15.7 Å². The Bertz CT molecular complexity index is 658. The maximum Gasteiger partial charge on any atom is 0.320 e. The van der Waals surface area contributed by atoms with E-state index in [1.165, 1.54) is 12.4 Å². The van der Waals surface area contributed by atoms with Crippen molar-refractivity contribution >= 4 is 11.7 Å². The molecule has 1 aromatic heterocycles. The highest BCUT2D eigenvalue weighted by Crippen LogP contribution is 2.24. The first-order chi connectivity index (χ1) is 11.5. The summed E-state index contributed by atoms with van der Waals surface area (Å²) < 4.78 is 26.5. The average molecular weight is 338 g/mol. The van der Waals surface area contributed by atoms with Gasteiger partial charge in [0, 0.05) is 36.8 Å². The molecule has 1 atom stereocenters. The number of hydrogen-bond acceptors (Lipinski definition) is 3. The molecule has 0 aliphatic carbocycles. The number of aromatic nitrogens is 2. The largest absolute Gasteiger partial charge is 0.396 e. The number of urea groups is 1. The maximum atomic E-state index is 12.8. The van der Waals surface area contributed by atoms with Gasteiger partial charge in [-0.15, -0.1) is 0 Å². The van der Waals surface area contributed by atoms with Crippen LogP contribution in [0.1, 0.15) is 19.9 Å². The van der Waals surface area contributed by atoms with Crippen LogP contribution < -0.4 is 10.6 Å². The van der Waals surface area contributed by atoms with Gasteiger partial charge in [0.25, 0.3) is 0 Å². The Morgan fingerprint density at radius 1 is 1.33 bits per heavy atom. The quantitative estimate of drug-likeness (QED) is 0.726.